The Morgan fingerprint density at radius 3 is 2.24 bits per heavy atom. The van der Waals surface area contributed by atoms with E-state index in [9.17, 15) is 14.7 Å². The highest BCUT2D eigenvalue weighted by Crippen LogP contribution is 2.39. The van der Waals surface area contributed by atoms with Crippen LogP contribution in [-0.2, 0) is 14.3 Å². The molecule has 122 valence electrons. The Bertz CT molecular complexity index is 348. The second kappa shape index (κ2) is 8.37. The van der Waals surface area contributed by atoms with E-state index < -0.39 is 11.4 Å². The van der Waals surface area contributed by atoms with Crippen molar-refractivity contribution in [1.82, 2.24) is 4.90 Å². The van der Waals surface area contributed by atoms with Crippen molar-refractivity contribution in [2.45, 2.75) is 64.8 Å². The summed E-state index contributed by atoms with van der Waals surface area (Å²) in [5.74, 6) is -0.875. The summed E-state index contributed by atoms with van der Waals surface area (Å²) in [5, 5.41) is 9.66. The Kier molecular flexibility index (Phi) is 7.15. The predicted molar refractivity (Wildman–Crippen MR) is 81.1 cm³/mol. The van der Waals surface area contributed by atoms with Gasteiger partial charge >= 0.3 is 5.97 Å². The first-order valence-corrected chi connectivity index (χ1v) is 7.98. The summed E-state index contributed by atoms with van der Waals surface area (Å²) < 4.78 is 5.11. The number of rotatable bonds is 7. The maximum Gasteiger partial charge on any atom is 0.310 e. The van der Waals surface area contributed by atoms with E-state index in [-0.39, 0.29) is 18.4 Å². The quantitative estimate of drug-likeness (QED) is 0.734. The van der Waals surface area contributed by atoms with Gasteiger partial charge in [-0.25, -0.2) is 0 Å². The minimum atomic E-state index is -0.867. The average molecular weight is 299 g/mol. The third-order valence-electron chi connectivity index (χ3n) is 4.60. The Morgan fingerprint density at radius 1 is 1.24 bits per heavy atom. The van der Waals surface area contributed by atoms with Crippen molar-refractivity contribution in [2.24, 2.45) is 5.41 Å². The van der Waals surface area contributed by atoms with Crippen LogP contribution in [-0.4, -0.2) is 48.2 Å². The second-order valence-corrected chi connectivity index (χ2v) is 6.16. The van der Waals surface area contributed by atoms with Gasteiger partial charge in [-0.1, -0.05) is 25.7 Å². The summed E-state index contributed by atoms with van der Waals surface area (Å²) in [6.45, 7) is 4.91. The van der Waals surface area contributed by atoms with Crippen molar-refractivity contribution in [1.29, 1.82) is 0 Å². The van der Waals surface area contributed by atoms with Crippen LogP contribution in [0.3, 0.4) is 0 Å². The maximum absolute atomic E-state index is 12.6. The topological polar surface area (TPSA) is 66.8 Å². The lowest BCUT2D eigenvalue weighted by atomic mass is 9.77. The highest BCUT2D eigenvalue weighted by molar-refractivity contribution is 5.85. The second-order valence-electron chi connectivity index (χ2n) is 6.16. The molecule has 1 aliphatic carbocycles. The van der Waals surface area contributed by atoms with Crippen molar-refractivity contribution in [3.05, 3.63) is 0 Å². The van der Waals surface area contributed by atoms with E-state index in [2.05, 4.69) is 0 Å². The van der Waals surface area contributed by atoms with E-state index in [0.29, 0.717) is 26.0 Å². The number of hydrogen-bond acceptors (Lipinski definition) is 3. The SMILES string of the molecule is CCN(C(=O)CC1(C(=O)O)CCCCCC1)C(C)COC. The van der Waals surface area contributed by atoms with Crippen molar-refractivity contribution in [3.8, 4) is 0 Å². The van der Waals surface area contributed by atoms with Gasteiger partial charge in [-0.3, -0.25) is 9.59 Å². The number of methoxy groups -OCH3 is 1. The third-order valence-corrected chi connectivity index (χ3v) is 4.60. The van der Waals surface area contributed by atoms with Crippen molar-refractivity contribution < 1.29 is 19.4 Å². The molecule has 1 saturated carbocycles. The Balaban J connectivity index is 2.81. The van der Waals surface area contributed by atoms with Crippen LogP contribution in [0.5, 0.6) is 0 Å². The Hall–Kier alpha value is -1.10. The van der Waals surface area contributed by atoms with Crippen molar-refractivity contribution >= 4 is 11.9 Å². The smallest absolute Gasteiger partial charge is 0.310 e. The van der Waals surface area contributed by atoms with E-state index in [0.717, 1.165) is 25.7 Å². The van der Waals surface area contributed by atoms with E-state index in [1.807, 2.05) is 13.8 Å². The number of amides is 1. The van der Waals surface area contributed by atoms with Crippen LogP contribution in [0.25, 0.3) is 0 Å². The lowest BCUT2D eigenvalue weighted by molar-refractivity contribution is -0.155. The molecule has 1 N–H and O–H groups in total. The maximum atomic E-state index is 12.6. The fourth-order valence-corrected chi connectivity index (χ4v) is 3.33. The van der Waals surface area contributed by atoms with Crippen molar-refractivity contribution in [3.63, 3.8) is 0 Å². The van der Waals surface area contributed by atoms with E-state index >= 15 is 0 Å². The van der Waals surface area contributed by atoms with Gasteiger partial charge in [0.15, 0.2) is 0 Å². The number of hydrogen-bond donors (Lipinski definition) is 1. The molecule has 1 rings (SSSR count). The predicted octanol–water partition coefficient (Wildman–Crippen LogP) is 2.69. The number of ether oxygens (including phenoxy) is 1. The van der Waals surface area contributed by atoms with Crippen LogP contribution in [0.4, 0.5) is 0 Å². The van der Waals surface area contributed by atoms with Crippen LogP contribution in [0.1, 0.15) is 58.8 Å². The number of likely N-dealkylation sites (N-methyl/N-ethyl adjacent to an activating group) is 1. The minimum absolute atomic E-state index is 0.0240. The zero-order valence-electron chi connectivity index (χ0n) is 13.6. The molecule has 0 spiro atoms. The van der Waals surface area contributed by atoms with Gasteiger partial charge in [0.2, 0.25) is 5.91 Å². The molecule has 0 aromatic heterocycles. The molecule has 0 aromatic carbocycles. The molecule has 0 aliphatic heterocycles. The van der Waals surface area contributed by atoms with Crippen LogP contribution >= 0.6 is 0 Å². The molecule has 0 radical (unpaired) electrons. The molecule has 0 aromatic rings. The molecule has 0 saturated heterocycles. The lowest BCUT2D eigenvalue weighted by Crippen LogP contribution is -2.45. The molecule has 5 heteroatoms. The van der Waals surface area contributed by atoms with Gasteiger partial charge < -0.3 is 14.7 Å². The first-order valence-electron chi connectivity index (χ1n) is 7.98. The van der Waals surface area contributed by atoms with Crippen LogP contribution < -0.4 is 0 Å². The molecular formula is C16H29NO4. The summed E-state index contributed by atoms with van der Waals surface area (Å²) in [5.41, 5.74) is -0.867. The molecule has 1 atom stereocenters. The highest BCUT2D eigenvalue weighted by Gasteiger charge is 2.41. The van der Waals surface area contributed by atoms with E-state index in [1.165, 1.54) is 0 Å². The van der Waals surface area contributed by atoms with Gasteiger partial charge in [0.05, 0.1) is 18.1 Å². The number of nitrogens with zero attached hydrogens (tertiary/aromatic N) is 1. The van der Waals surface area contributed by atoms with Gasteiger partial charge in [0, 0.05) is 20.1 Å². The third kappa shape index (κ3) is 4.70. The molecule has 0 bridgehead atoms. The van der Waals surface area contributed by atoms with E-state index in [4.69, 9.17) is 4.74 Å². The average Bonchev–Trinajstić information content (AvgIpc) is 2.66. The number of carboxylic acids is 1. The summed E-state index contributed by atoms with van der Waals surface area (Å²) in [6, 6.07) is -0.0240. The van der Waals surface area contributed by atoms with Crippen LogP contribution in [0.15, 0.2) is 0 Å². The fraction of sp³-hybridized carbons (Fsp3) is 0.875. The summed E-state index contributed by atoms with van der Waals surface area (Å²) in [7, 11) is 1.61. The van der Waals surface area contributed by atoms with E-state index in [1.54, 1.807) is 12.0 Å². The minimum Gasteiger partial charge on any atom is -0.481 e. The summed E-state index contributed by atoms with van der Waals surface area (Å²) >= 11 is 0. The number of carbonyl (C=O) groups excluding carboxylic acids is 1. The van der Waals surface area contributed by atoms with Crippen LogP contribution in [0.2, 0.25) is 0 Å². The summed E-state index contributed by atoms with van der Waals surface area (Å²) in [6.07, 6.45) is 5.29. The van der Waals surface area contributed by atoms with Gasteiger partial charge in [-0.2, -0.15) is 0 Å². The van der Waals surface area contributed by atoms with Gasteiger partial charge in [0.25, 0.3) is 0 Å². The molecule has 1 fully saturated rings. The Morgan fingerprint density at radius 2 is 1.81 bits per heavy atom. The molecule has 21 heavy (non-hydrogen) atoms. The van der Waals surface area contributed by atoms with Crippen molar-refractivity contribution in [2.75, 3.05) is 20.3 Å². The zero-order chi connectivity index (χ0) is 15.9. The van der Waals surface area contributed by atoms with Gasteiger partial charge in [-0.15, -0.1) is 0 Å². The lowest BCUT2D eigenvalue weighted by Gasteiger charge is -2.33. The fourth-order valence-electron chi connectivity index (χ4n) is 3.33. The molecule has 1 amide bonds. The standard InChI is InChI=1S/C16H29NO4/c1-4-17(13(2)12-21-3)14(18)11-16(15(19)20)9-7-5-6-8-10-16/h13H,4-12H2,1-3H3,(H,19,20). The van der Waals surface area contributed by atoms with Gasteiger partial charge in [-0.05, 0) is 26.7 Å². The number of carboxylic acid groups (broad SMARTS) is 1. The normalized spacial score (nSPS) is 19.6. The molecular weight excluding hydrogens is 270 g/mol. The molecule has 5 nitrogen and oxygen atoms in total. The van der Waals surface area contributed by atoms with Crippen LogP contribution in [0, 0.1) is 5.41 Å². The monoisotopic (exact) mass is 299 g/mol. The first-order chi connectivity index (χ1) is 9.96. The Labute approximate surface area is 127 Å². The number of carbonyl (C=O) groups is 2. The van der Waals surface area contributed by atoms with Gasteiger partial charge in [0.1, 0.15) is 0 Å². The largest absolute Gasteiger partial charge is 0.481 e. The molecule has 1 aliphatic rings. The number of aliphatic carboxylic acids is 1. The zero-order valence-corrected chi connectivity index (χ0v) is 13.6. The molecule has 0 heterocycles. The summed E-state index contributed by atoms with van der Waals surface area (Å²) in [4.78, 5) is 26.1. The molecule has 1 unspecified atom stereocenters. The highest BCUT2D eigenvalue weighted by atomic mass is 16.5. The first kappa shape index (κ1) is 18.0.